The normalized spacial score (nSPS) is 11.2. The third-order valence-corrected chi connectivity index (χ3v) is 15.1. The lowest BCUT2D eigenvalue weighted by molar-refractivity contribution is 0.268. The van der Waals surface area contributed by atoms with Gasteiger partial charge in [0.1, 0.15) is 26.4 Å². The van der Waals surface area contributed by atoms with Crippen LogP contribution in [-0.4, -0.2) is 456 Å². The summed E-state index contributed by atoms with van der Waals surface area (Å²) in [5, 5.41) is 181. The lowest BCUT2D eigenvalue weighted by Gasteiger charge is -2.29. The predicted molar refractivity (Wildman–Crippen MR) is 383 cm³/mol. The molecule has 5 heterocycles. The van der Waals surface area contributed by atoms with Crippen molar-refractivity contribution in [3.63, 3.8) is 0 Å². The fourth-order valence-electron chi connectivity index (χ4n) is 10.1. The van der Waals surface area contributed by atoms with Gasteiger partial charge in [-0.1, -0.05) is 0 Å². The van der Waals surface area contributed by atoms with Crippen LogP contribution in [-0.2, 0) is 0 Å². The van der Waals surface area contributed by atoms with E-state index in [-0.39, 0.29) is 366 Å². The van der Waals surface area contributed by atoms with Crippen molar-refractivity contribution in [2.24, 2.45) is 0 Å². The molecule has 0 aromatic carbocycles. The molecule has 18 N–H and O–H groups in total. The molecule has 0 unspecified atom stereocenters. The maximum absolute atomic E-state index is 10.5. The number of aliphatic hydroxyl groups excluding tert-OH is 18. The molecule has 107 heavy (non-hydrogen) atoms. The molecule has 5 aromatic heterocycles. The third-order valence-electron chi connectivity index (χ3n) is 15.1. The number of anilines is 11. The number of hydrogen-bond donors (Lipinski definition) is 18. The van der Waals surface area contributed by atoms with Crippen LogP contribution in [0.15, 0.2) is 0 Å². The van der Waals surface area contributed by atoms with Crippen LogP contribution < -0.4 is 72.8 Å². The second-order valence-electron chi connectivity index (χ2n) is 22.4. The Balaban J connectivity index is 1.78. The zero-order valence-electron chi connectivity index (χ0n) is 59.9. The first-order valence-electron chi connectivity index (χ1n) is 34.8. The summed E-state index contributed by atoms with van der Waals surface area (Å²) in [5.41, 5.74) is 0. The van der Waals surface area contributed by atoms with Gasteiger partial charge in [-0.2, -0.15) is 74.8 Å². The molecule has 0 aliphatic carbocycles. The molecule has 0 saturated heterocycles. The van der Waals surface area contributed by atoms with Crippen molar-refractivity contribution >= 4 is 65.4 Å². The highest BCUT2D eigenvalue weighted by Gasteiger charge is 2.27. The summed E-state index contributed by atoms with van der Waals surface area (Å²) in [6.07, 6.45) is 0. The van der Waals surface area contributed by atoms with Crippen LogP contribution in [0.2, 0.25) is 0 Å². The van der Waals surface area contributed by atoms with Crippen molar-refractivity contribution in [2.75, 3.05) is 343 Å². The van der Waals surface area contributed by atoms with E-state index < -0.39 is 13.2 Å². The predicted octanol–water partition coefficient (Wildman–Crippen LogP) is -12.3. The maximum atomic E-state index is 10.5. The Morgan fingerprint density at radius 1 is 0.140 bits per heavy atom. The monoisotopic (exact) mass is 1530 g/mol. The number of rotatable bonds is 63. The fraction of sp³-hybridized carbons (Fsp3) is 0.746. The quantitative estimate of drug-likeness (QED) is 0.0172. The molecule has 0 amide bonds. The van der Waals surface area contributed by atoms with Gasteiger partial charge in [0.25, 0.3) is 0 Å². The summed E-state index contributed by atoms with van der Waals surface area (Å²) in [5.74, 6) is -0.761. The first-order valence-corrected chi connectivity index (χ1v) is 34.8. The van der Waals surface area contributed by atoms with Crippen molar-refractivity contribution in [3.8, 4) is 24.0 Å². The second-order valence-corrected chi connectivity index (χ2v) is 22.4. The van der Waals surface area contributed by atoms with Crippen molar-refractivity contribution in [1.29, 1.82) is 0 Å². The van der Waals surface area contributed by atoms with Crippen LogP contribution >= 0.6 is 0 Å². The van der Waals surface area contributed by atoms with E-state index in [0.29, 0.717) is 0 Å². The molecule has 0 saturated carbocycles. The lowest BCUT2D eigenvalue weighted by Crippen LogP contribution is -2.39. The van der Waals surface area contributed by atoms with E-state index >= 15 is 0 Å². The summed E-state index contributed by atoms with van der Waals surface area (Å²) in [6, 6.07) is -1.16. The molecule has 5 aromatic rings. The Labute approximate surface area is 616 Å². The summed E-state index contributed by atoms with van der Waals surface area (Å²) in [6.45, 7) is -10.1. The van der Waals surface area contributed by atoms with E-state index in [1.807, 2.05) is 0 Å². The standard InChI is InChI=1S/C59H106N26O22/c86-23-1-75(2-24-87)45-60-46(84(19-41-104-56-67-48(76(3-25-88)4-26-89)63-49(68-56)77(5-27-90)6-28-91)20-42-105-57-69-50(78(7-29-92)8-30-93)64-51(70-57)79(9-31-94)10-32-95)62-47(61-45)85(21-43-106-58-71-52(80(11-33-96)12-34-97)65-53(72-58)81(13-35-98)14-36-99)22-44-107-59-73-54(82(15-37-100)16-38-101)66-55(74-59)83(17-39-102)18-40-103/h86-103H,1-44H2. The van der Waals surface area contributed by atoms with E-state index in [4.69, 9.17) is 33.9 Å². The maximum Gasteiger partial charge on any atom is 0.323 e. The van der Waals surface area contributed by atoms with Crippen LogP contribution in [0.5, 0.6) is 24.0 Å². The van der Waals surface area contributed by atoms with E-state index in [2.05, 4.69) is 59.8 Å². The average Bonchev–Trinajstić information content (AvgIpc) is 0.838. The molecule has 48 heteroatoms. The number of aromatic nitrogens is 15. The molecule has 0 aliphatic heterocycles. The zero-order valence-corrected chi connectivity index (χ0v) is 59.9. The van der Waals surface area contributed by atoms with E-state index in [0.717, 1.165) is 0 Å². The van der Waals surface area contributed by atoms with Crippen LogP contribution in [0.25, 0.3) is 0 Å². The Kier molecular flexibility index (Phi) is 42.9. The summed E-state index contributed by atoms with van der Waals surface area (Å²) in [4.78, 5) is 85.3. The van der Waals surface area contributed by atoms with Gasteiger partial charge in [0, 0.05) is 118 Å². The van der Waals surface area contributed by atoms with Crippen molar-refractivity contribution in [1.82, 2.24) is 74.8 Å². The molecule has 0 bridgehead atoms. The number of ether oxygens (including phenoxy) is 4. The van der Waals surface area contributed by atoms with Gasteiger partial charge in [-0.25, -0.2) is 0 Å². The minimum absolute atomic E-state index is 0.0405. The molecular weight excluding hydrogens is 1420 g/mol. The topological polar surface area (TPSA) is 630 Å². The minimum Gasteiger partial charge on any atom is -0.461 e. The molecule has 0 aliphatic rings. The molecule has 604 valence electrons. The highest BCUT2D eigenvalue weighted by atomic mass is 16.5. The third kappa shape index (κ3) is 29.4. The Morgan fingerprint density at radius 2 is 0.234 bits per heavy atom. The van der Waals surface area contributed by atoms with Gasteiger partial charge in [0.2, 0.25) is 65.4 Å². The first kappa shape index (κ1) is 89.0. The van der Waals surface area contributed by atoms with Crippen LogP contribution in [0.1, 0.15) is 0 Å². The smallest absolute Gasteiger partial charge is 0.323 e. The van der Waals surface area contributed by atoms with Crippen molar-refractivity contribution in [2.45, 2.75) is 0 Å². The van der Waals surface area contributed by atoms with E-state index in [1.165, 1.54) is 44.1 Å². The SMILES string of the molecule is OCCN(CCO)c1nc(OCCN(CCOc2nc(N(CCO)CCO)nc(N(CCO)CCO)n2)c2nc(N(CCO)CCO)nc(N(CCOc3nc(N(CCO)CCO)nc(N(CCO)CCO)n3)CCOc3nc(N(CCO)CCO)nc(N(CCO)CCO)n3)n2)nc(N(CCO)CCO)n1. The lowest BCUT2D eigenvalue weighted by atomic mass is 10.4. The number of nitrogens with zero attached hydrogens (tertiary/aromatic N) is 26. The first-order chi connectivity index (χ1) is 52.3. The zero-order chi connectivity index (χ0) is 77.6. The molecular formula is C59H106N26O22. The van der Waals surface area contributed by atoms with Crippen LogP contribution in [0, 0.1) is 0 Å². The van der Waals surface area contributed by atoms with Crippen molar-refractivity contribution < 1.29 is 111 Å². The molecule has 5 rings (SSSR count). The van der Waals surface area contributed by atoms with Gasteiger partial charge in [-0.3, -0.25) is 0 Å². The van der Waals surface area contributed by atoms with Gasteiger partial charge in [-0.15, -0.1) is 0 Å². The molecule has 0 fully saturated rings. The molecule has 0 spiro atoms. The summed E-state index contributed by atoms with van der Waals surface area (Å²) < 4.78 is 25.2. The molecule has 0 radical (unpaired) electrons. The van der Waals surface area contributed by atoms with Gasteiger partial charge >= 0.3 is 24.0 Å². The van der Waals surface area contributed by atoms with Gasteiger partial charge in [0.15, 0.2) is 0 Å². The van der Waals surface area contributed by atoms with Crippen LogP contribution in [0.3, 0.4) is 0 Å². The summed E-state index contributed by atoms with van der Waals surface area (Å²) in [7, 11) is 0. The second kappa shape index (κ2) is 51.6. The van der Waals surface area contributed by atoms with E-state index in [9.17, 15) is 91.9 Å². The fourth-order valence-corrected chi connectivity index (χ4v) is 10.1. The van der Waals surface area contributed by atoms with E-state index in [1.54, 1.807) is 9.80 Å². The Morgan fingerprint density at radius 3 is 0.336 bits per heavy atom. The van der Waals surface area contributed by atoms with Gasteiger partial charge in [0.05, 0.1) is 145 Å². The summed E-state index contributed by atoms with van der Waals surface area (Å²) >= 11 is 0. The van der Waals surface area contributed by atoms with Crippen molar-refractivity contribution in [3.05, 3.63) is 0 Å². The Hall–Kier alpha value is -8.67. The largest absolute Gasteiger partial charge is 0.461 e. The average molecular weight is 1530 g/mol. The number of aliphatic hydroxyl groups is 18. The number of hydrogen-bond acceptors (Lipinski definition) is 48. The van der Waals surface area contributed by atoms with Gasteiger partial charge < -0.3 is 165 Å². The Bertz CT molecular complexity index is 2650. The highest BCUT2D eigenvalue weighted by molar-refractivity contribution is 5.49. The van der Waals surface area contributed by atoms with Gasteiger partial charge in [-0.05, 0) is 0 Å². The molecule has 48 nitrogen and oxygen atoms in total. The van der Waals surface area contributed by atoms with Crippen LogP contribution in [0.4, 0.5) is 65.4 Å². The molecule has 0 atom stereocenters. The highest BCUT2D eigenvalue weighted by Crippen LogP contribution is 2.26. The minimum atomic E-state index is -0.473.